The molecule has 2 rings (SSSR count). The summed E-state index contributed by atoms with van der Waals surface area (Å²) in [6.07, 6.45) is 1.35. The van der Waals surface area contributed by atoms with Gasteiger partial charge in [0, 0.05) is 35.3 Å². The Morgan fingerprint density at radius 3 is 2.77 bits per heavy atom. The molecule has 1 amide bonds. The molecule has 0 bridgehead atoms. The summed E-state index contributed by atoms with van der Waals surface area (Å²) in [6.45, 7) is 1.70. The molecule has 1 aromatic carbocycles. The van der Waals surface area contributed by atoms with Crippen molar-refractivity contribution in [2.24, 2.45) is 0 Å². The van der Waals surface area contributed by atoms with E-state index < -0.39 is 6.10 Å². The van der Waals surface area contributed by atoms with E-state index in [4.69, 9.17) is 27.9 Å². The van der Waals surface area contributed by atoms with E-state index in [9.17, 15) is 9.90 Å². The molecular formula is C15H20Cl2N2O3. The van der Waals surface area contributed by atoms with E-state index in [0.29, 0.717) is 22.2 Å². The molecular weight excluding hydrogens is 327 g/mol. The highest BCUT2D eigenvalue weighted by Crippen LogP contribution is 2.29. The number of carbonyl (C=O) groups excluding carboxylic acids is 1. The van der Waals surface area contributed by atoms with E-state index >= 15 is 0 Å². The van der Waals surface area contributed by atoms with Crippen LogP contribution in [0.25, 0.3) is 0 Å². The monoisotopic (exact) mass is 346 g/mol. The molecule has 1 aliphatic rings. The second kappa shape index (κ2) is 8.70. The predicted molar refractivity (Wildman–Crippen MR) is 86.3 cm³/mol. The normalized spacial score (nSPS) is 19.1. The first-order chi connectivity index (χ1) is 10.6. The van der Waals surface area contributed by atoms with Crippen LogP contribution in [0.3, 0.4) is 0 Å². The highest BCUT2D eigenvalue weighted by Gasteiger charge is 2.17. The number of aliphatic hydroxyl groups excluding tert-OH is 1. The Kier molecular flexibility index (Phi) is 6.92. The van der Waals surface area contributed by atoms with Crippen molar-refractivity contribution >= 4 is 29.1 Å². The number of hydrogen-bond acceptors (Lipinski definition) is 4. The number of halogens is 2. The van der Waals surface area contributed by atoms with Crippen LogP contribution < -0.4 is 10.6 Å². The molecule has 0 spiro atoms. The Morgan fingerprint density at radius 2 is 2.14 bits per heavy atom. The van der Waals surface area contributed by atoms with Crippen molar-refractivity contribution in [3.63, 3.8) is 0 Å². The maximum Gasteiger partial charge on any atom is 0.234 e. The molecule has 0 aromatic heterocycles. The number of rotatable bonds is 7. The van der Waals surface area contributed by atoms with E-state index in [2.05, 4.69) is 10.6 Å². The summed E-state index contributed by atoms with van der Waals surface area (Å²) in [7, 11) is 0. The molecule has 0 radical (unpaired) electrons. The van der Waals surface area contributed by atoms with Gasteiger partial charge in [-0.1, -0.05) is 29.3 Å². The molecule has 5 nitrogen and oxygen atoms in total. The first-order valence-electron chi connectivity index (χ1n) is 7.29. The molecule has 122 valence electrons. The number of nitrogens with one attached hydrogen (secondary N) is 2. The molecule has 22 heavy (non-hydrogen) atoms. The van der Waals surface area contributed by atoms with Gasteiger partial charge in [0.05, 0.1) is 18.8 Å². The largest absolute Gasteiger partial charge is 0.386 e. The van der Waals surface area contributed by atoms with Crippen molar-refractivity contribution in [1.82, 2.24) is 10.6 Å². The van der Waals surface area contributed by atoms with Crippen LogP contribution in [0.15, 0.2) is 18.2 Å². The molecule has 1 heterocycles. The fourth-order valence-electron chi connectivity index (χ4n) is 2.36. The van der Waals surface area contributed by atoms with Crippen molar-refractivity contribution in [3.05, 3.63) is 33.8 Å². The average molecular weight is 347 g/mol. The van der Waals surface area contributed by atoms with Gasteiger partial charge in [0.15, 0.2) is 0 Å². The van der Waals surface area contributed by atoms with Crippen LogP contribution in [0.5, 0.6) is 0 Å². The van der Waals surface area contributed by atoms with Crippen LogP contribution in [0.4, 0.5) is 0 Å². The van der Waals surface area contributed by atoms with Crippen molar-refractivity contribution in [2.75, 3.05) is 26.2 Å². The molecule has 3 N–H and O–H groups in total. The third-order valence-electron chi connectivity index (χ3n) is 3.51. The summed E-state index contributed by atoms with van der Waals surface area (Å²) in [6, 6.07) is 5.00. The van der Waals surface area contributed by atoms with Crippen LogP contribution in [0.2, 0.25) is 10.0 Å². The van der Waals surface area contributed by atoms with E-state index in [1.807, 2.05) is 0 Å². The van der Waals surface area contributed by atoms with Gasteiger partial charge in [0.2, 0.25) is 5.91 Å². The number of hydrogen-bond donors (Lipinski definition) is 3. The zero-order chi connectivity index (χ0) is 15.9. The van der Waals surface area contributed by atoms with E-state index in [-0.39, 0.29) is 25.1 Å². The van der Waals surface area contributed by atoms with Gasteiger partial charge in [0.25, 0.3) is 0 Å². The van der Waals surface area contributed by atoms with Gasteiger partial charge in [-0.15, -0.1) is 0 Å². The quantitative estimate of drug-likeness (QED) is 0.705. The summed E-state index contributed by atoms with van der Waals surface area (Å²) in [5, 5.41) is 16.6. The number of carbonyl (C=O) groups is 1. The summed E-state index contributed by atoms with van der Waals surface area (Å²) >= 11 is 12.0. The fraction of sp³-hybridized carbons (Fsp3) is 0.533. The highest BCUT2D eigenvalue weighted by atomic mass is 35.5. The molecule has 1 aliphatic heterocycles. The predicted octanol–water partition coefficient (Wildman–Crippen LogP) is 1.91. The average Bonchev–Trinajstić information content (AvgIpc) is 2.98. The van der Waals surface area contributed by atoms with Crippen LogP contribution >= 0.6 is 23.2 Å². The van der Waals surface area contributed by atoms with E-state index in [1.54, 1.807) is 18.2 Å². The Labute approximate surface area is 139 Å². The lowest BCUT2D eigenvalue weighted by molar-refractivity contribution is -0.120. The van der Waals surface area contributed by atoms with Crippen molar-refractivity contribution in [3.8, 4) is 0 Å². The van der Waals surface area contributed by atoms with Gasteiger partial charge >= 0.3 is 0 Å². The van der Waals surface area contributed by atoms with Gasteiger partial charge in [-0.05, 0) is 25.0 Å². The minimum Gasteiger partial charge on any atom is -0.386 e. The van der Waals surface area contributed by atoms with Crippen molar-refractivity contribution < 1.29 is 14.6 Å². The summed E-state index contributed by atoms with van der Waals surface area (Å²) in [5.74, 6) is -0.194. The minimum atomic E-state index is -0.941. The Morgan fingerprint density at radius 1 is 1.41 bits per heavy atom. The van der Waals surface area contributed by atoms with Crippen molar-refractivity contribution in [1.29, 1.82) is 0 Å². The Bertz CT molecular complexity index is 487. The molecule has 2 unspecified atom stereocenters. The lowest BCUT2D eigenvalue weighted by atomic mass is 10.1. The van der Waals surface area contributed by atoms with Gasteiger partial charge in [0.1, 0.15) is 0 Å². The standard InChI is InChI=1S/C15H20Cl2N2O3/c16-11-4-1-5-12(17)15(11)13(20)8-19-14(21)9-18-7-10-3-2-6-22-10/h1,4-5,10,13,18,20H,2-3,6-9H2,(H,19,21). The maximum absolute atomic E-state index is 11.7. The van der Waals surface area contributed by atoms with Gasteiger partial charge in [-0.25, -0.2) is 0 Å². The SMILES string of the molecule is O=C(CNCC1CCCO1)NCC(O)c1c(Cl)cccc1Cl. The van der Waals surface area contributed by atoms with E-state index in [1.165, 1.54) is 0 Å². The van der Waals surface area contributed by atoms with Crippen molar-refractivity contribution in [2.45, 2.75) is 25.0 Å². The fourth-order valence-corrected chi connectivity index (χ4v) is 3.01. The molecule has 1 aromatic rings. The second-order valence-electron chi connectivity index (χ2n) is 5.22. The molecule has 2 atom stereocenters. The topological polar surface area (TPSA) is 70.6 Å². The highest BCUT2D eigenvalue weighted by molar-refractivity contribution is 6.36. The summed E-state index contributed by atoms with van der Waals surface area (Å²) in [4.78, 5) is 11.7. The van der Waals surface area contributed by atoms with Gasteiger partial charge in [-0.2, -0.15) is 0 Å². The van der Waals surface area contributed by atoms with Gasteiger partial charge < -0.3 is 20.5 Å². The molecule has 0 saturated carbocycles. The summed E-state index contributed by atoms with van der Waals surface area (Å²) in [5.41, 5.74) is 0.429. The molecule has 1 fully saturated rings. The number of benzene rings is 1. The third kappa shape index (κ3) is 5.11. The van der Waals surface area contributed by atoms with Gasteiger partial charge in [-0.3, -0.25) is 4.79 Å². The van der Waals surface area contributed by atoms with Crippen LogP contribution in [-0.2, 0) is 9.53 Å². The number of ether oxygens (including phenoxy) is 1. The molecule has 1 saturated heterocycles. The van der Waals surface area contributed by atoms with E-state index in [0.717, 1.165) is 19.4 Å². The van der Waals surface area contributed by atoms with Crippen LogP contribution in [0, 0.1) is 0 Å². The maximum atomic E-state index is 11.7. The Balaban J connectivity index is 1.71. The second-order valence-corrected chi connectivity index (χ2v) is 6.04. The van der Waals surface area contributed by atoms with Crippen LogP contribution in [0.1, 0.15) is 24.5 Å². The summed E-state index contributed by atoms with van der Waals surface area (Å²) < 4.78 is 5.45. The lowest BCUT2D eigenvalue weighted by Gasteiger charge is -2.16. The smallest absolute Gasteiger partial charge is 0.234 e. The zero-order valence-electron chi connectivity index (χ0n) is 12.1. The first-order valence-corrected chi connectivity index (χ1v) is 8.04. The van der Waals surface area contributed by atoms with Crippen LogP contribution in [-0.4, -0.2) is 43.4 Å². The lowest BCUT2D eigenvalue weighted by Crippen LogP contribution is -2.38. The Hall–Kier alpha value is -0.850. The minimum absolute atomic E-state index is 0.0594. The molecule has 0 aliphatic carbocycles. The third-order valence-corrected chi connectivity index (χ3v) is 4.17. The zero-order valence-corrected chi connectivity index (χ0v) is 13.7. The molecule has 7 heteroatoms. The number of aliphatic hydroxyl groups is 1. The first kappa shape index (κ1) is 17.5. The number of amides is 1.